The number of hydrogen-bond acceptors (Lipinski definition) is 3. The molecule has 1 unspecified atom stereocenters. The Labute approximate surface area is 120 Å². The number of anilines is 1. The molecular weight excluding hydrogens is 258 g/mol. The third-order valence-electron chi connectivity index (χ3n) is 3.56. The van der Waals surface area contributed by atoms with Crippen LogP contribution in [-0.2, 0) is 5.41 Å². The van der Waals surface area contributed by atoms with Gasteiger partial charge in [-0.15, -0.1) is 22.5 Å². The zero-order valence-corrected chi connectivity index (χ0v) is 12.5. The van der Waals surface area contributed by atoms with Crippen LogP contribution in [0.25, 0.3) is 0 Å². The molecule has 1 atom stereocenters. The Bertz CT molecular complexity index is 499. The molecule has 1 aliphatic rings. The molecule has 1 fully saturated rings. The molecule has 19 heavy (non-hydrogen) atoms. The van der Waals surface area contributed by atoms with Gasteiger partial charge in [-0.1, -0.05) is 32.4 Å². The van der Waals surface area contributed by atoms with E-state index in [1.165, 1.54) is 0 Å². The van der Waals surface area contributed by atoms with E-state index in [1.807, 2.05) is 0 Å². The topological polar surface area (TPSA) is 29.0 Å². The highest BCUT2D eigenvalue weighted by Gasteiger charge is 2.25. The Kier molecular flexibility index (Phi) is 4.01. The van der Waals surface area contributed by atoms with Crippen LogP contribution in [0.5, 0.6) is 0 Å². The van der Waals surface area contributed by atoms with Crippen LogP contribution in [0.4, 0.5) is 5.82 Å². The maximum atomic E-state index is 6.15. The highest BCUT2D eigenvalue weighted by atomic mass is 35.5. The van der Waals surface area contributed by atoms with Crippen LogP contribution in [0.3, 0.4) is 0 Å². The summed E-state index contributed by atoms with van der Waals surface area (Å²) in [5.74, 6) is 4.22. The first-order valence-electron chi connectivity index (χ1n) is 6.64. The fraction of sp³-hybridized carbons (Fsp3) is 0.600. The van der Waals surface area contributed by atoms with Gasteiger partial charge in [0, 0.05) is 25.1 Å². The van der Waals surface area contributed by atoms with Crippen LogP contribution in [0.15, 0.2) is 6.07 Å². The summed E-state index contributed by atoms with van der Waals surface area (Å²) in [6.45, 7) is 8.34. The zero-order chi connectivity index (χ0) is 14.0. The van der Waals surface area contributed by atoms with E-state index in [1.54, 1.807) is 0 Å². The van der Waals surface area contributed by atoms with Crippen molar-refractivity contribution in [3.63, 3.8) is 0 Å². The van der Waals surface area contributed by atoms with Crippen molar-refractivity contribution in [1.29, 1.82) is 0 Å². The molecule has 102 valence electrons. The minimum Gasteiger partial charge on any atom is -0.355 e. The number of rotatable bonds is 2. The van der Waals surface area contributed by atoms with Gasteiger partial charge in [0.15, 0.2) is 11.0 Å². The van der Waals surface area contributed by atoms with Gasteiger partial charge >= 0.3 is 0 Å². The molecule has 0 amide bonds. The normalized spacial score (nSPS) is 19.5. The second-order valence-electron chi connectivity index (χ2n) is 6.17. The average molecular weight is 278 g/mol. The van der Waals surface area contributed by atoms with Crippen molar-refractivity contribution < 1.29 is 0 Å². The molecule has 1 aromatic heterocycles. The summed E-state index contributed by atoms with van der Waals surface area (Å²) in [4.78, 5) is 2.25. The maximum Gasteiger partial charge on any atom is 0.155 e. The van der Waals surface area contributed by atoms with Gasteiger partial charge in [0.1, 0.15) is 0 Å². The van der Waals surface area contributed by atoms with Crippen molar-refractivity contribution in [2.75, 3.05) is 18.0 Å². The van der Waals surface area contributed by atoms with Crippen molar-refractivity contribution in [2.45, 2.75) is 39.0 Å². The third kappa shape index (κ3) is 3.19. The molecule has 0 radical (unpaired) electrons. The van der Waals surface area contributed by atoms with Crippen molar-refractivity contribution in [1.82, 2.24) is 10.2 Å². The fourth-order valence-electron chi connectivity index (χ4n) is 2.42. The molecule has 0 N–H and O–H groups in total. The fourth-order valence-corrected chi connectivity index (χ4v) is 2.80. The first-order valence-corrected chi connectivity index (χ1v) is 7.01. The SMILES string of the molecule is C#CCC1CCN(c2cc(C(C)(C)C)c(Cl)nn2)C1. The molecular formula is C15H20ClN3. The predicted octanol–water partition coefficient (Wildman–Crippen LogP) is 3.28. The van der Waals surface area contributed by atoms with Crippen LogP contribution in [0.2, 0.25) is 5.15 Å². The zero-order valence-electron chi connectivity index (χ0n) is 11.8. The summed E-state index contributed by atoms with van der Waals surface area (Å²) in [5, 5.41) is 8.81. The van der Waals surface area contributed by atoms with Gasteiger partial charge in [-0.3, -0.25) is 0 Å². The molecule has 0 aliphatic carbocycles. The average Bonchev–Trinajstić information content (AvgIpc) is 2.77. The van der Waals surface area contributed by atoms with Gasteiger partial charge in [-0.05, 0) is 23.8 Å². The van der Waals surface area contributed by atoms with Crippen molar-refractivity contribution >= 4 is 17.4 Å². The van der Waals surface area contributed by atoms with Crippen molar-refractivity contribution in [3.05, 3.63) is 16.8 Å². The minimum absolute atomic E-state index is 0.0281. The van der Waals surface area contributed by atoms with Crippen LogP contribution in [-0.4, -0.2) is 23.3 Å². The van der Waals surface area contributed by atoms with Gasteiger partial charge < -0.3 is 4.90 Å². The Balaban J connectivity index is 2.21. The van der Waals surface area contributed by atoms with Crippen molar-refractivity contribution in [3.8, 4) is 12.3 Å². The molecule has 2 rings (SSSR count). The number of aromatic nitrogens is 2. The van der Waals surface area contributed by atoms with Gasteiger partial charge in [0.05, 0.1) is 0 Å². The van der Waals surface area contributed by atoms with Gasteiger partial charge in [-0.25, -0.2) is 0 Å². The lowest BCUT2D eigenvalue weighted by molar-refractivity contribution is 0.584. The van der Waals surface area contributed by atoms with E-state index in [-0.39, 0.29) is 5.41 Å². The summed E-state index contributed by atoms with van der Waals surface area (Å²) in [6, 6.07) is 2.06. The predicted molar refractivity (Wildman–Crippen MR) is 79.5 cm³/mol. The van der Waals surface area contributed by atoms with E-state index in [2.05, 4.69) is 47.9 Å². The Hall–Kier alpha value is -1.27. The molecule has 0 saturated carbocycles. The van der Waals surface area contributed by atoms with Crippen LogP contribution < -0.4 is 4.90 Å². The van der Waals surface area contributed by atoms with E-state index in [0.717, 1.165) is 37.3 Å². The summed E-state index contributed by atoms with van der Waals surface area (Å²) in [6.07, 6.45) is 7.34. The third-order valence-corrected chi connectivity index (χ3v) is 3.84. The van der Waals surface area contributed by atoms with E-state index in [0.29, 0.717) is 11.1 Å². The highest BCUT2D eigenvalue weighted by Crippen LogP contribution is 2.31. The van der Waals surface area contributed by atoms with E-state index >= 15 is 0 Å². The lowest BCUT2D eigenvalue weighted by atomic mass is 9.88. The summed E-state index contributed by atoms with van der Waals surface area (Å²) >= 11 is 6.15. The standard InChI is InChI=1S/C15H20ClN3/c1-5-6-11-7-8-19(10-11)13-9-12(15(2,3)4)14(16)18-17-13/h1,9,11H,6-8,10H2,2-4H3. The summed E-state index contributed by atoms with van der Waals surface area (Å²) in [7, 11) is 0. The molecule has 1 aliphatic heterocycles. The monoisotopic (exact) mass is 277 g/mol. The molecule has 2 heterocycles. The molecule has 3 nitrogen and oxygen atoms in total. The summed E-state index contributed by atoms with van der Waals surface area (Å²) in [5.41, 5.74) is 1.01. The Morgan fingerprint density at radius 1 is 1.47 bits per heavy atom. The molecule has 1 aromatic rings. The van der Waals surface area contributed by atoms with E-state index in [9.17, 15) is 0 Å². The van der Waals surface area contributed by atoms with Gasteiger partial charge in [-0.2, -0.15) is 0 Å². The smallest absolute Gasteiger partial charge is 0.155 e. The van der Waals surface area contributed by atoms with Crippen LogP contribution >= 0.6 is 11.6 Å². The van der Waals surface area contributed by atoms with Crippen LogP contribution in [0.1, 0.15) is 39.2 Å². The lowest BCUT2D eigenvalue weighted by Crippen LogP contribution is -2.23. The molecule has 0 spiro atoms. The summed E-state index contributed by atoms with van der Waals surface area (Å²) < 4.78 is 0. The molecule has 4 heteroatoms. The number of hydrogen-bond donors (Lipinski definition) is 0. The van der Waals surface area contributed by atoms with Gasteiger partial charge in [0.25, 0.3) is 0 Å². The van der Waals surface area contributed by atoms with Gasteiger partial charge in [0.2, 0.25) is 0 Å². The Morgan fingerprint density at radius 2 is 2.21 bits per heavy atom. The lowest BCUT2D eigenvalue weighted by Gasteiger charge is -2.23. The second kappa shape index (κ2) is 5.38. The maximum absolute atomic E-state index is 6.15. The first kappa shape index (κ1) is 14.1. The van der Waals surface area contributed by atoms with Crippen molar-refractivity contribution in [2.24, 2.45) is 5.92 Å². The largest absolute Gasteiger partial charge is 0.355 e. The quantitative estimate of drug-likeness (QED) is 0.777. The minimum atomic E-state index is -0.0281. The van der Waals surface area contributed by atoms with Crippen LogP contribution in [0, 0.1) is 18.3 Å². The second-order valence-corrected chi connectivity index (χ2v) is 6.52. The molecule has 0 bridgehead atoms. The Morgan fingerprint density at radius 3 is 2.84 bits per heavy atom. The highest BCUT2D eigenvalue weighted by molar-refractivity contribution is 6.30. The number of halogens is 1. The number of terminal acetylenes is 1. The van der Waals surface area contributed by atoms with E-state index < -0.39 is 0 Å². The number of nitrogens with zero attached hydrogens (tertiary/aromatic N) is 3. The molecule has 1 saturated heterocycles. The van der Waals surface area contributed by atoms with E-state index in [4.69, 9.17) is 18.0 Å². The first-order chi connectivity index (χ1) is 8.91. The molecule has 0 aromatic carbocycles.